The van der Waals surface area contributed by atoms with Crippen LogP contribution in [0.4, 0.5) is 0 Å². The summed E-state index contributed by atoms with van der Waals surface area (Å²) in [4.78, 5) is 41.4. The van der Waals surface area contributed by atoms with Gasteiger partial charge in [0.1, 0.15) is 45.5 Å². The van der Waals surface area contributed by atoms with E-state index in [1.807, 2.05) is 179 Å². The topological polar surface area (TPSA) is 133 Å². The van der Waals surface area contributed by atoms with Crippen LogP contribution < -0.4 is 34.2 Å². The molecule has 81 heavy (non-hydrogen) atoms. The first kappa shape index (κ1) is 60.9. The fraction of sp³-hybridized carbons (Fsp3) is 0.366. The van der Waals surface area contributed by atoms with Crippen LogP contribution in [0, 0.1) is 5.41 Å². The molecule has 0 saturated carbocycles. The second kappa shape index (κ2) is 24.6. The smallest absolute Gasteiger partial charge is 0.355 e. The van der Waals surface area contributed by atoms with E-state index in [4.69, 9.17) is 34.2 Å². The Morgan fingerprint density at radius 1 is 0.358 bits per heavy atom. The number of benzene rings is 7. The molecule has 2 N–H and O–H groups in total. The lowest BCUT2D eigenvalue weighted by Gasteiger charge is -2.43. The molecule has 426 valence electrons. The van der Waals surface area contributed by atoms with Crippen molar-refractivity contribution in [1.82, 2.24) is 0 Å². The molecule has 0 aliphatic carbocycles. The van der Waals surface area contributed by atoms with Gasteiger partial charge in [-0.25, -0.2) is 9.59 Å². The quantitative estimate of drug-likeness (QED) is 0.0397. The molecule has 0 aromatic heterocycles. The van der Waals surface area contributed by atoms with Gasteiger partial charge in [-0.1, -0.05) is 165 Å². The summed E-state index contributed by atoms with van der Waals surface area (Å²) in [7, 11) is 0. The number of carbonyl (C=O) groups excluding carboxylic acids is 3. The highest BCUT2D eigenvalue weighted by molar-refractivity contribution is 5.83. The highest BCUT2D eigenvalue weighted by atomic mass is 16.6. The Morgan fingerprint density at radius 2 is 0.667 bits per heavy atom. The van der Waals surface area contributed by atoms with Crippen LogP contribution in [0.3, 0.4) is 0 Å². The van der Waals surface area contributed by atoms with Crippen LogP contribution in [0.25, 0.3) is 0 Å². The molecular weight excluding hydrogens is 1010 g/mol. The molecule has 0 fully saturated rings. The van der Waals surface area contributed by atoms with E-state index in [1.54, 1.807) is 32.9 Å². The largest absolute Gasteiger partial charge is 0.486 e. The summed E-state index contributed by atoms with van der Waals surface area (Å²) in [6, 6.07) is 56.3. The van der Waals surface area contributed by atoms with E-state index in [-0.39, 0.29) is 17.4 Å². The van der Waals surface area contributed by atoms with Gasteiger partial charge in [0.25, 0.3) is 0 Å². The fourth-order valence-electron chi connectivity index (χ4n) is 9.65. The van der Waals surface area contributed by atoms with Crippen molar-refractivity contribution in [1.29, 1.82) is 0 Å². The zero-order chi connectivity index (χ0) is 59.0. The molecule has 0 spiro atoms. The molecule has 10 heteroatoms. The Bertz CT molecular complexity index is 3220. The third-order valence-corrected chi connectivity index (χ3v) is 16.5. The van der Waals surface area contributed by atoms with E-state index in [2.05, 4.69) is 60.6 Å². The Morgan fingerprint density at radius 3 is 1.01 bits per heavy atom. The molecule has 0 amide bonds. The van der Waals surface area contributed by atoms with Gasteiger partial charge in [-0.05, 0) is 183 Å². The van der Waals surface area contributed by atoms with Gasteiger partial charge in [0.2, 0.25) is 11.2 Å². The summed E-state index contributed by atoms with van der Waals surface area (Å²) < 4.78 is 37.2. The molecule has 0 aliphatic heterocycles. The van der Waals surface area contributed by atoms with Crippen molar-refractivity contribution in [2.24, 2.45) is 11.1 Å². The lowest BCUT2D eigenvalue weighted by Crippen LogP contribution is -2.58. The minimum absolute atomic E-state index is 0.00615. The van der Waals surface area contributed by atoms with E-state index in [9.17, 15) is 14.4 Å². The Labute approximate surface area is 481 Å². The average molecular weight is 1090 g/mol. The van der Waals surface area contributed by atoms with Crippen LogP contribution in [0.1, 0.15) is 155 Å². The van der Waals surface area contributed by atoms with E-state index >= 15 is 0 Å². The van der Waals surface area contributed by atoms with Gasteiger partial charge in [-0.15, -0.1) is 0 Å². The van der Waals surface area contributed by atoms with Crippen molar-refractivity contribution in [3.05, 3.63) is 215 Å². The van der Waals surface area contributed by atoms with Gasteiger partial charge >= 0.3 is 17.9 Å². The normalized spacial score (nSPS) is 15.5. The van der Waals surface area contributed by atoms with Crippen LogP contribution in [-0.2, 0) is 37.0 Å². The van der Waals surface area contributed by atoms with E-state index < -0.39 is 45.5 Å². The Hall–Kier alpha value is -7.69. The molecule has 7 aromatic carbocycles. The van der Waals surface area contributed by atoms with Gasteiger partial charge in [0.05, 0.1) is 0 Å². The van der Waals surface area contributed by atoms with Crippen LogP contribution >= 0.6 is 0 Å². The van der Waals surface area contributed by atoms with Gasteiger partial charge in [-0.2, -0.15) is 0 Å². The number of esters is 3. The second-order valence-electron chi connectivity index (χ2n) is 24.3. The average Bonchev–Trinajstić information content (AvgIpc) is 3.55. The Kier molecular flexibility index (Phi) is 18.5. The maximum atomic E-state index is 14.4. The van der Waals surface area contributed by atoms with Crippen LogP contribution in [0.2, 0.25) is 0 Å². The lowest BCUT2D eigenvalue weighted by molar-refractivity contribution is -0.158. The van der Waals surface area contributed by atoms with Crippen molar-refractivity contribution in [3.8, 4) is 34.5 Å². The summed E-state index contributed by atoms with van der Waals surface area (Å²) in [6.07, 6.45) is 1.92. The van der Waals surface area contributed by atoms with Crippen molar-refractivity contribution in [2.75, 3.05) is 6.54 Å². The number of hydrogen-bond donors (Lipinski definition) is 1. The monoisotopic (exact) mass is 1090 g/mol. The molecule has 0 aliphatic rings. The standard InChI is InChI=1S/C71H83NO9/c1-15-68(11,79-59-43-29-52(30-44-59)66(7,8)9)63(74)77-56-35-23-49(24-36-56)47-50-25-37-61(38-26-50)81-70(13,17-3)67(10,48-72)62(73)76-57-41-31-54(32-42-57)71(14,53-21-19-18-20-22-53)55-33-45-60(46-34-55)80-69(12,16-2)64(75)78-58-39-27-51(28-40-58)65(4,5)6/h18-46H,15-17,47-48,72H2,1-14H3. The zero-order valence-electron chi connectivity index (χ0n) is 50.0. The molecule has 7 rings (SSSR count). The predicted molar refractivity (Wildman–Crippen MR) is 323 cm³/mol. The first-order chi connectivity index (χ1) is 38.2. The van der Waals surface area contributed by atoms with Gasteiger partial charge in [0, 0.05) is 12.0 Å². The minimum atomic E-state index is -1.24. The molecule has 0 bridgehead atoms. The third kappa shape index (κ3) is 13.9. The molecule has 10 nitrogen and oxygen atoms in total. The number of ether oxygens (including phenoxy) is 6. The number of nitrogens with two attached hydrogens (primary N) is 1. The van der Waals surface area contributed by atoms with Gasteiger partial charge in [-0.3, -0.25) is 4.79 Å². The van der Waals surface area contributed by atoms with Gasteiger partial charge in [0.15, 0.2) is 0 Å². The first-order valence-electron chi connectivity index (χ1n) is 28.3. The lowest BCUT2D eigenvalue weighted by atomic mass is 9.71. The van der Waals surface area contributed by atoms with E-state index in [1.165, 1.54) is 5.56 Å². The maximum Gasteiger partial charge on any atom is 0.355 e. The highest BCUT2D eigenvalue weighted by Crippen LogP contribution is 2.43. The molecule has 5 unspecified atom stereocenters. The second-order valence-corrected chi connectivity index (χ2v) is 24.3. The van der Waals surface area contributed by atoms with Gasteiger partial charge < -0.3 is 34.2 Å². The van der Waals surface area contributed by atoms with E-state index in [0.29, 0.717) is 60.2 Å². The zero-order valence-corrected chi connectivity index (χ0v) is 50.0. The van der Waals surface area contributed by atoms with Crippen LogP contribution in [-0.4, -0.2) is 41.3 Å². The molecule has 0 heterocycles. The summed E-state index contributed by atoms with van der Waals surface area (Å²) in [5, 5.41) is 0. The van der Waals surface area contributed by atoms with Crippen molar-refractivity contribution in [2.45, 2.75) is 156 Å². The molecule has 7 aromatic rings. The summed E-state index contributed by atoms with van der Waals surface area (Å²) in [5.41, 5.74) is 8.53. The molecule has 5 atom stereocenters. The number of hydrogen-bond acceptors (Lipinski definition) is 10. The molecular formula is C71H83NO9. The minimum Gasteiger partial charge on any atom is -0.486 e. The first-order valence-corrected chi connectivity index (χ1v) is 28.3. The van der Waals surface area contributed by atoms with Crippen molar-refractivity contribution >= 4 is 17.9 Å². The van der Waals surface area contributed by atoms with Crippen molar-refractivity contribution in [3.63, 3.8) is 0 Å². The van der Waals surface area contributed by atoms with E-state index in [0.717, 1.165) is 33.4 Å². The molecule has 0 saturated heterocycles. The summed E-state index contributed by atoms with van der Waals surface area (Å²) in [6.45, 7) is 28.0. The number of rotatable bonds is 22. The predicted octanol–water partition coefficient (Wildman–Crippen LogP) is 15.7. The maximum absolute atomic E-state index is 14.4. The van der Waals surface area contributed by atoms with Crippen molar-refractivity contribution < 1.29 is 42.8 Å². The summed E-state index contributed by atoms with van der Waals surface area (Å²) in [5.74, 6) is 1.56. The Balaban J connectivity index is 0.985. The van der Waals surface area contributed by atoms with Crippen LogP contribution in [0.5, 0.6) is 34.5 Å². The fourth-order valence-corrected chi connectivity index (χ4v) is 9.65. The number of carbonyl (C=O) groups is 3. The molecule has 0 radical (unpaired) electrons. The third-order valence-electron chi connectivity index (χ3n) is 16.5. The highest BCUT2D eigenvalue weighted by Gasteiger charge is 2.52. The summed E-state index contributed by atoms with van der Waals surface area (Å²) >= 11 is 0. The van der Waals surface area contributed by atoms with Crippen LogP contribution in [0.15, 0.2) is 176 Å². The SMILES string of the molecule is CCC(C)(Oc1ccc(C(C)(C)C)cc1)C(=O)Oc1ccc(Cc2ccc(OC(C)(CC)C(C)(CN)C(=O)Oc3ccc(C(C)(c4ccccc4)c4ccc(OC(C)(CC)C(=O)Oc5ccc(C(C)(C)C)cc5)cc4)cc3)cc2)cc1.